The lowest BCUT2D eigenvalue weighted by molar-refractivity contribution is -0.121. The fourth-order valence-electron chi connectivity index (χ4n) is 2.96. The van der Waals surface area contributed by atoms with E-state index in [-0.39, 0.29) is 18.4 Å². The molecule has 0 bridgehead atoms. The molecule has 0 atom stereocenters. The van der Waals surface area contributed by atoms with Gasteiger partial charge in [0.2, 0.25) is 5.91 Å². The minimum Gasteiger partial charge on any atom is -0.360 e. The minimum absolute atomic E-state index is 0.0453. The fourth-order valence-corrected chi connectivity index (χ4v) is 2.96. The lowest BCUT2D eigenvalue weighted by atomic mass is 10.1. The highest BCUT2D eigenvalue weighted by molar-refractivity contribution is 6.07. The van der Waals surface area contributed by atoms with Gasteiger partial charge >= 0.3 is 0 Å². The van der Waals surface area contributed by atoms with Crippen molar-refractivity contribution in [2.24, 2.45) is 0 Å². The zero-order valence-electron chi connectivity index (χ0n) is 14.9. The van der Waals surface area contributed by atoms with Gasteiger partial charge in [-0.1, -0.05) is 48.5 Å². The highest BCUT2D eigenvalue weighted by Gasteiger charge is 2.18. The molecule has 0 aliphatic rings. The molecule has 2 aromatic carbocycles. The van der Waals surface area contributed by atoms with Crippen LogP contribution in [0.5, 0.6) is 0 Å². The van der Waals surface area contributed by atoms with Crippen LogP contribution in [0.3, 0.4) is 0 Å². The summed E-state index contributed by atoms with van der Waals surface area (Å²) in [5.41, 5.74) is 2.75. The van der Waals surface area contributed by atoms with Crippen molar-refractivity contribution < 1.29 is 9.59 Å². The smallest absolute Gasteiger partial charge is 0.256 e. The van der Waals surface area contributed by atoms with Crippen molar-refractivity contribution in [3.63, 3.8) is 0 Å². The standard InChI is InChI=1S/C21H23N3O2/c1-24(21(26)18-14-23-19-12-6-5-11-17(18)19)15-20(25)22-13-7-10-16-8-3-2-4-9-16/h2-6,8-9,11-12,14,23H,7,10,13,15H2,1H3,(H,22,25). The molecule has 0 spiro atoms. The summed E-state index contributed by atoms with van der Waals surface area (Å²) in [5, 5.41) is 3.75. The normalized spacial score (nSPS) is 10.7. The number of rotatable bonds is 7. The Morgan fingerprint density at radius 3 is 2.58 bits per heavy atom. The van der Waals surface area contributed by atoms with Gasteiger partial charge in [-0.25, -0.2) is 0 Å². The average Bonchev–Trinajstić information content (AvgIpc) is 3.09. The number of aromatic nitrogens is 1. The molecule has 0 aliphatic carbocycles. The number of benzene rings is 2. The van der Waals surface area contributed by atoms with Crippen LogP contribution in [0.4, 0.5) is 0 Å². The van der Waals surface area contributed by atoms with Gasteiger partial charge in [-0.05, 0) is 24.5 Å². The van der Waals surface area contributed by atoms with E-state index < -0.39 is 0 Å². The van der Waals surface area contributed by atoms with Crippen molar-refractivity contribution in [3.05, 3.63) is 71.9 Å². The lowest BCUT2D eigenvalue weighted by Crippen LogP contribution is -2.38. The molecule has 1 aromatic heterocycles. The van der Waals surface area contributed by atoms with E-state index in [0.717, 1.165) is 23.7 Å². The summed E-state index contributed by atoms with van der Waals surface area (Å²) in [4.78, 5) is 29.2. The molecule has 134 valence electrons. The number of likely N-dealkylation sites (N-methyl/N-ethyl adjacent to an activating group) is 1. The molecule has 0 aliphatic heterocycles. The van der Waals surface area contributed by atoms with E-state index in [9.17, 15) is 9.59 Å². The molecule has 0 saturated carbocycles. The third kappa shape index (κ3) is 4.30. The quantitative estimate of drug-likeness (QED) is 0.644. The van der Waals surface area contributed by atoms with Gasteiger partial charge in [0.25, 0.3) is 5.91 Å². The Labute approximate surface area is 153 Å². The first-order valence-corrected chi connectivity index (χ1v) is 8.77. The molecule has 2 N–H and O–H groups in total. The molecule has 3 aromatic rings. The van der Waals surface area contributed by atoms with Crippen LogP contribution in [-0.2, 0) is 11.2 Å². The van der Waals surface area contributed by atoms with Crippen molar-refractivity contribution in [2.75, 3.05) is 20.1 Å². The third-order valence-corrected chi connectivity index (χ3v) is 4.35. The summed E-state index contributed by atoms with van der Waals surface area (Å²) in [7, 11) is 1.65. The van der Waals surface area contributed by atoms with Crippen LogP contribution in [0.25, 0.3) is 10.9 Å². The SMILES string of the molecule is CN(CC(=O)NCCCc1ccccc1)C(=O)c1c[nH]c2ccccc12. The number of fused-ring (bicyclic) bond motifs is 1. The molecule has 0 fully saturated rings. The molecule has 0 saturated heterocycles. The number of aryl methyl sites for hydroxylation is 1. The molecule has 1 heterocycles. The number of aromatic amines is 1. The van der Waals surface area contributed by atoms with Crippen LogP contribution in [0.15, 0.2) is 60.8 Å². The molecular weight excluding hydrogens is 326 g/mol. The molecule has 26 heavy (non-hydrogen) atoms. The zero-order chi connectivity index (χ0) is 18.4. The van der Waals surface area contributed by atoms with Gasteiger partial charge in [0, 0.05) is 30.7 Å². The summed E-state index contributed by atoms with van der Waals surface area (Å²) >= 11 is 0. The largest absolute Gasteiger partial charge is 0.360 e. The second-order valence-electron chi connectivity index (χ2n) is 6.35. The van der Waals surface area contributed by atoms with Gasteiger partial charge in [0.15, 0.2) is 0 Å². The molecular formula is C21H23N3O2. The summed E-state index contributed by atoms with van der Waals surface area (Å²) in [5.74, 6) is -0.310. The van der Waals surface area contributed by atoms with Crippen molar-refractivity contribution in [1.82, 2.24) is 15.2 Å². The van der Waals surface area contributed by atoms with Crippen molar-refractivity contribution in [3.8, 4) is 0 Å². The lowest BCUT2D eigenvalue weighted by Gasteiger charge is -2.16. The summed E-state index contributed by atoms with van der Waals surface area (Å²) in [6.07, 6.45) is 3.49. The Balaban J connectivity index is 1.47. The third-order valence-electron chi connectivity index (χ3n) is 4.35. The van der Waals surface area contributed by atoms with Gasteiger partial charge in [-0.2, -0.15) is 0 Å². The van der Waals surface area contributed by atoms with Crippen LogP contribution < -0.4 is 5.32 Å². The Morgan fingerprint density at radius 1 is 1.04 bits per heavy atom. The molecule has 0 radical (unpaired) electrons. The predicted molar refractivity (Wildman–Crippen MR) is 103 cm³/mol. The molecule has 5 nitrogen and oxygen atoms in total. The van der Waals surface area contributed by atoms with Gasteiger partial charge < -0.3 is 15.2 Å². The Kier molecular flexibility index (Phi) is 5.69. The van der Waals surface area contributed by atoms with E-state index in [1.165, 1.54) is 10.5 Å². The number of nitrogens with zero attached hydrogens (tertiary/aromatic N) is 1. The maximum Gasteiger partial charge on any atom is 0.256 e. The molecule has 5 heteroatoms. The number of hydrogen-bond donors (Lipinski definition) is 2. The highest BCUT2D eigenvalue weighted by atomic mass is 16.2. The number of amides is 2. The van der Waals surface area contributed by atoms with Crippen molar-refractivity contribution in [2.45, 2.75) is 12.8 Å². The van der Waals surface area contributed by atoms with E-state index in [0.29, 0.717) is 12.1 Å². The van der Waals surface area contributed by atoms with Gasteiger partial charge in [-0.15, -0.1) is 0 Å². The monoisotopic (exact) mass is 349 g/mol. The minimum atomic E-state index is -0.165. The Hall–Kier alpha value is -3.08. The van der Waals surface area contributed by atoms with E-state index in [1.54, 1.807) is 13.2 Å². The number of hydrogen-bond acceptors (Lipinski definition) is 2. The Bertz CT molecular complexity index is 886. The summed E-state index contributed by atoms with van der Waals surface area (Å²) < 4.78 is 0. The first-order valence-electron chi connectivity index (χ1n) is 8.77. The second kappa shape index (κ2) is 8.34. The van der Waals surface area contributed by atoms with Crippen LogP contribution >= 0.6 is 0 Å². The highest BCUT2D eigenvalue weighted by Crippen LogP contribution is 2.18. The van der Waals surface area contributed by atoms with E-state index in [1.807, 2.05) is 42.5 Å². The number of para-hydroxylation sites is 1. The number of carbonyl (C=O) groups is 2. The maximum absolute atomic E-state index is 12.6. The fraction of sp³-hybridized carbons (Fsp3) is 0.238. The topological polar surface area (TPSA) is 65.2 Å². The second-order valence-corrected chi connectivity index (χ2v) is 6.35. The predicted octanol–water partition coefficient (Wildman–Crippen LogP) is 2.99. The van der Waals surface area contributed by atoms with Gasteiger partial charge in [0.1, 0.15) is 0 Å². The van der Waals surface area contributed by atoms with E-state index in [2.05, 4.69) is 22.4 Å². The molecule has 2 amide bonds. The van der Waals surface area contributed by atoms with E-state index in [4.69, 9.17) is 0 Å². The number of carbonyl (C=O) groups excluding carboxylic acids is 2. The van der Waals surface area contributed by atoms with Crippen molar-refractivity contribution in [1.29, 1.82) is 0 Å². The van der Waals surface area contributed by atoms with Gasteiger partial charge in [-0.3, -0.25) is 9.59 Å². The first kappa shape index (κ1) is 17.7. The molecule has 0 unspecified atom stereocenters. The summed E-state index contributed by atoms with van der Waals surface area (Å²) in [6, 6.07) is 17.8. The van der Waals surface area contributed by atoms with Crippen LogP contribution in [-0.4, -0.2) is 41.8 Å². The van der Waals surface area contributed by atoms with Crippen molar-refractivity contribution >= 4 is 22.7 Å². The van der Waals surface area contributed by atoms with E-state index >= 15 is 0 Å². The van der Waals surface area contributed by atoms with Crippen LogP contribution in [0, 0.1) is 0 Å². The molecule has 3 rings (SSSR count). The summed E-state index contributed by atoms with van der Waals surface area (Å²) in [6.45, 7) is 0.645. The maximum atomic E-state index is 12.6. The number of nitrogens with one attached hydrogen (secondary N) is 2. The number of H-pyrrole nitrogens is 1. The van der Waals surface area contributed by atoms with Crippen LogP contribution in [0.2, 0.25) is 0 Å². The first-order chi connectivity index (χ1) is 12.6. The Morgan fingerprint density at radius 2 is 1.77 bits per heavy atom. The zero-order valence-corrected chi connectivity index (χ0v) is 14.9. The van der Waals surface area contributed by atoms with Gasteiger partial charge in [0.05, 0.1) is 12.1 Å². The van der Waals surface area contributed by atoms with Crippen LogP contribution in [0.1, 0.15) is 22.3 Å². The average molecular weight is 349 g/mol.